The maximum Gasteiger partial charge on any atom is 0.193 e. The van der Waals surface area contributed by atoms with Crippen LogP contribution in [0.15, 0.2) is 4.99 Å². The number of guanidine groups is 1. The molecule has 0 amide bonds. The fraction of sp³-hybridized carbons (Fsp3) is 0.947. The van der Waals surface area contributed by atoms with E-state index in [1.54, 1.807) is 0 Å². The largest absolute Gasteiger partial charge is 0.381 e. The minimum atomic E-state index is 0.152. The minimum absolute atomic E-state index is 0.152. The predicted octanol–water partition coefficient (Wildman–Crippen LogP) is 2.90. The molecule has 0 bridgehead atoms. The van der Waals surface area contributed by atoms with Crippen molar-refractivity contribution in [2.24, 2.45) is 16.3 Å². The smallest absolute Gasteiger partial charge is 0.193 e. The first-order valence-corrected chi connectivity index (χ1v) is 9.70. The molecule has 3 unspecified atom stereocenters. The van der Waals surface area contributed by atoms with E-state index in [1.807, 2.05) is 0 Å². The first-order chi connectivity index (χ1) is 11.5. The molecule has 0 aromatic carbocycles. The highest BCUT2D eigenvalue weighted by Gasteiger charge is 2.49. The molecular weight excluding hydrogens is 302 g/mol. The highest BCUT2D eigenvalue weighted by Crippen LogP contribution is 2.42. The molecule has 0 radical (unpaired) electrons. The van der Waals surface area contributed by atoms with E-state index in [-0.39, 0.29) is 5.41 Å². The minimum Gasteiger partial charge on any atom is -0.381 e. The number of nitrogens with one attached hydrogen (secondary N) is 1. The second-order valence-corrected chi connectivity index (χ2v) is 7.88. The van der Waals surface area contributed by atoms with E-state index >= 15 is 0 Å². The van der Waals surface area contributed by atoms with Gasteiger partial charge in [-0.1, -0.05) is 27.2 Å². The van der Waals surface area contributed by atoms with Gasteiger partial charge in [-0.15, -0.1) is 0 Å². The molecule has 24 heavy (non-hydrogen) atoms. The second kappa shape index (κ2) is 9.04. The summed E-state index contributed by atoms with van der Waals surface area (Å²) in [6, 6.07) is 0.428. The molecule has 2 aliphatic rings. The molecule has 1 saturated carbocycles. The van der Waals surface area contributed by atoms with Gasteiger partial charge in [-0.25, -0.2) is 0 Å². The summed E-state index contributed by atoms with van der Waals surface area (Å²) >= 11 is 0. The SMILES string of the molecule is CCCCOC1CC(NC(=NCC)N(C)CC2CCOC2)C1(C)C. The van der Waals surface area contributed by atoms with E-state index in [2.05, 4.69) is 45.0 Å². The number of aliphatic imine (C=N–C) groups is 1. The Hall–Kier alpha value is -0.810. The van der Waals surface area contributed by atoms with Crippen LogP contribution < -0.4 is 5.32 Å². The summed E-state index contributed by atoms with van der Waals surface area (Å²) in [6.45, 7) is 13.4. The quantitative estimate of drug-likeness (QED) is 0.420. The molecule has 3 atom stereocenters. The predicted molar refractivity (Wildman–Crippen MR) is 99.5 cm³/mol. The van der Waals surface area contributed by atoms with Crippen LogP contribution in [0.4, 0.5) is 0 Å². The lowest BCUT2D eigenvalue weighted by molar-refractivity contribution is -0.114. The highest BCUT2D eigenvalue weighted by atomic mass is 16.5. The number of hydrogen-bond donors (Lipinski definition) is 1. The molecular formula is C19H37N3O2. The molecule has 5 nitrogen and oxygen atoms in total. The molecule has 0 spiro atoms. The van der Waals surface area contributed by atoms with E-state index < -0.39 is 0 Å². The number of ether oxygens (including phenoxy) is 2. The average Bonchev–Trinajstić information content (AvgIpc) is 3.05. The molecule has 2 fully saturated rings. The summed E-state index contributed by atoms with van der Waals surface area (Å²) in [5, 5.41) is 3.69. The summed E-state index contributed by atoms with van der Waals surface area (Å²) in [7, 11) is 2.14. The van der Waals surface area contributed by atoms with Crippen molar-refractivity contribution in [3.8, 4) is 0 Å². The molecule has 1 saturated heterocycles. The van der Waals surface area contributed by atoms with E-state index in [0.29, 0.717) is 18.1 Å². The van der Waals surface area contributed by atoms with Crippen molar-refractivity contribution in [3.05, 3.63) is 0 Å². The van der Waals surface area contributed by atoms with Crippen LogP contribution in [0.25, 0.3) is 0 Å². The van der Waals surface area contributed by atoms with E-state index in [1.165, 1.54) is 6.42 Å². The van der Waals surface area contributed by atoms with Gasteiger partial charge in [0.2, 0.25) is 0 Å². The molecule has 1 heterocycles. The van der Waals surface area contributed by atoms with E-state index in [0.717, 1.165) is 58.1 Å². The van der Waals surface area contributed by atoms with Gasteiger partial charge < -0.3 is 19.7 Å². The van der Waals surface area contributed by atoms with Gasteiger partial charge in [0.15, 0.2) is 5.96 Å². The van der Waals surface area contributed by atoms with Crippen LogP contribution >= 0.6 is 0 Å². The van der Waals surface area contributed by atoms with Crippen molar-refractivity contribution in [1.29, 1.82) is 0 Å². The summed E-state index contributed by atoms with van der Waals surface area (Å²) < 4.78 is 11.6. The Morgan fingerprint density at radius 2 is 2.17 bits per heavy atom. The van der Waals surface area contributed by atoms with Crippen molar-refractivity contribution in [3.63, 3.8) is 0 Å². The zero-order valence-electron chi connectivity index (χ0n) is 16.3. The van der Waals surface area contributed by atoms with Crippen molar-refractivity contribution in [2.45, 2.75) is 65.5 Å². The number of rotatable bonds is 8. The van der Waals surface area contributed by atoms with Gasteiger partial charge in [0.05, 0.1) is 12.7 Å². The third-order valence-electron chi connectivity index (χ3n) is 5.52. The Kier molecular flexibility index (Phi) is 7.35. The van der Waals surface area contributed by atoms with Gasteiger partial charge in [-0.2, -0.15) is 0 Å². The van der Waals surface area contributed by atoms with Gasteiger partial charge in [-0.05, 0) is 26.2 Å². The Morgan fingerprint density at radius 3 is 2.75 bits per heavy atom. The fourth-order valence-corrected chi connectivity index (χ4v) is 3.57. The average molecular weight is 340 g/mol. The summed E-state index contributed by atoms with van der Waals surface area (Å²) in [5.41, 5.74) is 0.152. The maximum atomic E-state index is 6.06. The normalized spacial score (nSPS) is 29.4. The molecule has 2 rings (SSSR count). The van der Waals surface area contributed by atoms with Crippen LogP contribution in [-0.2, 0) is 9.47 Å². The summed E-state index contributed by atoms with van der Waals surface area (Å²) in [5.74, 6) is 1.65. The molecule has 0 aromatic rings. The Labute approximate surface area is 148 Å². The first kappa shape index (κ1) is 19.5. The first-order valence-electron chi connectivity index (χ1n) is 9.70. The van der Waals surface area contributed by atoms with Crippen LogP contribution in [0, 0.1) is 11.3 Å². The van der Waals surface area contributed by atoms with Crippen molar-refractivity contribution >= 4 is 5.96 Å². The molecule has 0 aromatic heterocycles. The number of nitrogens with zero attached hydrogens (tertiary/aromatic N) is 2. The van der Waals surface area contributed by atoms with Gasteiger partial charge in [0.25, 0.3) is 0 Å². The van der Waals surface area contributed by atoms with Gasteiger partial charge in [0, 0.05) is 50.7 Å². The molecule has 1 aliphatic carbocycles. The fourth-order valence-electron chi connectivity index (χ4n) is 3.57. The number of unbranched alkanes of at least 4 members (excludes halogenated alkanes) is 1. The standard InChI is InChI=1S/C19H37N3O2/c1-6-8-10-24-17-12-16(19(17,3)4)21-18(20-7-2)22(5)13-15-9-11-23-14-15/h15-17H,6-14H2,1-5H3,(H,20,21). The molecule has 140 valence electrons. The molecule has 1 aliphatic heterocycles. The third kappa shape index (κ3) is 4.85. The van der Waals surface area contributed by atoms with Crippen molar-refractivity contribution < 1.29 is 9.47 Å². The topological polar surface area (TPSA) is 46.1 Å². The molecule has 5 heteroatoms. The maximum absolute atomic E-state index is 6.06. The summed E-state index contributed by atoms with van der Waals surface area (Å²) in [4.78, 5) is 6.97. The molecule has 1 N–H and O–H groups in total. The summed E-state index contributed by atoms with van der Waals surface area (Å²) in [6.07, 6.45) is 4.93. The van der Waals surface area contributed by atoms with Crippen LogP contribution in [-0.4, -0.2) is 63.0 Å². The third-order valence-corrected chi connectivity index (χ3v) is 5.52. The second-order valence-electron chi connectivity index (χ2n) is 7.88. The van der Waals surface area contributed by atoms with Crippen molar-refractivity contribution in [2.75, 3.05) is 40.0 Å². The monoisotopic (exact) mass is 339 g/mol. The lowest BCUT2D eigenvalue weighted by Gasteiger charge is -2.52. The van der Waals surface area contributed by atoms with Gasteiger partial charge in [-0.3, -0.25) is 4.99 Å². The highest BCUT2D eigenvalue weighted by molar-refractivity contribution is 5.80. The number of hydrogen-bond acceptors (Lipinski definition) is 3. The lowest BCUT2D eigenvalue weighted by Crippen LogP contribution is -2.63. The zero-order valence-corrected chi connectivity index (χ0v) is 16.3. The van der Waals surface area contributed by atoms with E-state index in [4.69, 9.17) is 14.5 Å². The van der Waals surface area contributed by atoms with Crippen LogP contribution in [0.1, 0.15) is 53.4 Å². The van der Waals surface area contributed by atoms with Gasteiger partial charge >= 0.3 is 0 Å². The lowest BCUT2D eigenvalue weighted by atomic mass is 9.64. The zero-order chi connectivity index (χ0) is 17.6. The van der Waals surface area contributed by atoms with E-state index in [9.17, 15) is 0 Å². The van der Waals surface area contributed by atoms with Crippen LogP contribution in [0.3, 0.4) is 0 Å². The Bertz CT molecular complexity index is 405. The Balaban J connectivity index is 1.85. The van der Waals surface area contributed by atoms with Crippen LogP contribution in [0.2, 0.25) is 0 Å². The van der Waals surface area contributed by atoms with Crippen molar-refractivity contribution in [1.82, 2.24) is 10.2 Å². The Morgan fingerprint density at radius 1 is 1.38 bits per heavy atom. The van der Waals surface area contributed by atoms with Gasteiger partial charge in [0.1, 0.15) is 0 Å². The van der Waals surface area contributed by atoms with Crippen LogP contribution in [0.5, 0.6) is 0 Å².